The van der Waals surface area contributed by atoms with Gasteiger partial charge in [-0.25, -0.2) is 9.59 Å². The standard InChI is InChI=1S/C37H50O4/c1-23(2)9-8-10-24(3)30-15-16-31-28-14-13-26-22-27(17-19-36(26,4)32(28)18-20-37(30,31)5)40-34(38)29-21-25-11-6-7-12-33(25)41-35(29)39/h6-7,11-13,21,23-24,27-28,30-32H,8-10,14-20,22H2,1-5H3/t24-,27?,28+,30-,31+,32+,36+,37-/m1/s1. The first-order valence-electron chi connectivity index (χ1n) is 16.5. The van der Waals surface area contributed by atoms with Crippen molar-refractivity contribution >= 4 is 16.9 Å². The second-order valence-corrected chi connectivity index (χ2v) is 15.0. The maximum absolute atomic E-state index is 13.1. The molecule has 4 heteroatoms. The zero-order chi connectivity index (χ0) is 28.9. The Morgan fingerprint density at radius 3 is 2.63 bits per heavy atom. The van der Waals surface area contributed by atoms with Gasteiger partial charge in [0.1, 0.15) is 17.3 Å². The number of rotatable bonds is 7. The molecule has 0 N–H and O–H groups in total. The summed E-state index contributed by atoms with van der Waals surface area (Å²) in [6.07, 6.45) is 15.9. The first-order valence-corrected chi connectivity index (χ1v) is 16.5. The minimum atomic E-state index is -0.622. The Hall–Kier alpha value is -2.36. The summed E-state index contributed by atoms with van der Waals surface area (Å²) < 4.78 is 11.4. The Labute approximate surface area is 246 Å². The van der Waals surface area contributed by atoms with Crippen LogP contribution in [0.5, 0.6) is 0 Å². The molecule has 1 heterocycles. The number of benzene rings is 1. The summed E-state index contributed by atoms with van der Waals surface area (Å²) in [5.74, 6) is 4.33. The molecule has 0 saturated heterocycles. The summed E-state index contributed by atoms with van der Waals surface area (Å²) in [5.41, 5.74) is 2.05. The lowest BCUT2D eigenvalue weighted by molar-refractivity contribution is -0.0595. The van der Waals surface area contributed by atoms with E-state index in [1.165, 1.54) is 56.9 Å². The molecule has 41 heavy (non-hydrogen) atoms. The topological polar surface area (TPSA) is 56.5 Å². The Morgan fingerprint density at radius 2 is 1.83 bits per heavy atom. The van der Waals surface area contributed by atoms with Crippen LogP contribution in [0.25, 0.3) is 11.0 Å². The van der Waals surface area contributed by atoms with Gasteiger partial charge in [-0.2, -0.15) is 0 Å². The molecule has 0 aliphatic heterocycles. The number of hydrogen-bond donors (Lipinski definition) is 0. The lowest BCUT2D eigenvalue weighted by Gasteiger charge is -2.58. The highest BCUT2D eigenvalue weighted by Gasteiger charge is 2.59. The molecule has 2 aromatic rings. The number of carbonyl (C=O) groups excluding carboxylic acids is 1. The average Bonchev–Trinajstić information content (AvgIpc) is 3.30. The molecule has 8 atom stereocenters. The van der Waals surface area contributed by atoms with Crippen LogP contribution in [0.1, 0.15) is 116 Å². The van der Waals surface area contributed by atoms with Gasteiger partial charge in [0.15, 0.2) is 0 Å². The Kier molecular flexibility index (Phi) is 7.74. The van der Waals surface area contributed by atoms with Gasteiger partial charge in [-0.05, 0) is 103 Å². The van der Waals surface area contributed by atoms with E-state index in [1.54, 1.807) is 12.1 Å². The Morgan fingerprint density at radius 1 is 1.02 bits per heavy atom. The average molecular weight is 559 g/mol. The van der Waals surface area contributed by atoms with Crippen molar-refractivity contribution in [1.82, 2.24) is 0 Å². The molecule has 1 aromatic heterocycles. The van der Waals surface area contributed by atoms with E-state index in [-0.39, 0.29) is 17.1 Å². The molecule has 1 unspecified atom stereocenters. The summed E-state index contributed by atoms with van der Waals surface area (Å²) in [4.78, 5) is 25.6. The smallest absolute Gasteiger partial charge is 0.351 e. The van der Waals surface area contributed by atoms with Gasteiger partial charge in [-0.15, -0.1) is 0 Å². The molecular weight excluding hydrogens is 508 g/mol. The van der Waals surface area contributed by atoms with Crippen LogP contribution < -0.4 is 5.63 Å². The molecule has 222 valence electrons. The van der Waals surface area contributed by atoms with Crippen LogP contribution in [-0.4, -0.2) is 12.1 Å². The third-order valence-corrected chi connectivity index (χ3v) is 12.4. The molecule has 6 rings (SSSR count). The predicted octanol–water partition coefficient (Wildman–Crippen LogP) is 9.36. The maximum atomic E-state index is 13.1. The van der Waals surface area contributed by atoms with E-state index in [2.05, 4.69) is 40.7 Å². The second-order valence-electron chi connectivity index (χ2n) is 15.0. The third-order valence-electron chi connectivity index (χ3n) is 12.4. The van der Waals surface area contributed by atoms with Crippen LogP contribution in [-0.2, 0) is 4.74 Å². The van der Waals surface area contributed by atoms with Crippen LogP contribution in [0.4, 0.5) is 0 Å². The van der Waals surface area contributed by atoms with Gasteiger partial charge < -0.3 is 9.15 Å². The lowest BCUT2D eigenvalue weighted by atomic mass is 9.47. The van der Waals surface area contributed by atoms with Gasteiger partial charge in [-0.1, -0.05) is 83.7 Å². The highest BCUT2D eigenvalue weighted by Crippen LogP contribution is 2.67. The van der Waals surface area contributed by atoms with Crippen LogP contribution in [0.15, 0.2) is 51.2 Å². The molecule has 3 fully saturated rings. The van der Waals surface area contributed by atoms with E-state index >= 15 is 0 Å². The number of carbonyl (C=O) groups is 1. The van der Waals surface area contributed by atoms with Crippen molar-refractivity contribution in [3.8, 4) is 0 Å². The zero-order valence-corrected chi connectivity index (χ0v) is 25.9. The molecule has 4 nitrogen and oxygen atoms in total. The van der Waals surface area contributed by atoms with Crippen LogP contribution in [0.2, 0.25) is 0 Å². The molecule has 1 aromatic carbocycles. The van der Waals surface area contributed by atoms with E-state index in [9.17, 15) is 9.59 Å². The molecule has 4 aliphatic rings. The maximum Gasteiger partial charge on any atom is 0.351 e. The molecule has 0 bridgehead atoms. The second kappa shape index (κ2) is 11.0. The number of allylic oxidation sites excluding steroid dienone is 1. The van der Waals surface area contributed by atoms with Gasteiger partial charge in [0.2, 0.25) is 0 Å². The molecule has 0 radical (unpaired) electrons. The van der Waals surface area contributed by atoms with Crippen molar-refractivity contribution in [2.75, 3.05) is 0 Å². The normalized spacial score (nSPS) is 35.4. The van der Waals surface area contributed by atoms with Crippen molar-refractivity contribution in [2.45, 2.75) is 111 Å². The molecular formula is C37H50O4. The highest BCUT2D eigenvalue weighted by atomic mass is 16.5. The quantitative estimate of drug-likeness (QED) is 0.193. The van der Waals surface area contributed by atoms with Crippen molar-refractivity contribution in [2.24, 2.45) is 46.3 Å². The fraction of sp³-hybridized carbons (Fsp3) is 0.676. The Balaban J connectivity index is 1.13. The highest BCUT2D eigenvalue weighted by molar-refractivity contribution is 5.92. The van der Waals surface area contributed by atoms with Gasteiger partial charge in [0.05, 0.1) is 0 Å². The summed E-state index contributed by atoms with van der Waals surface area (Å²) in [6, 6.07) is 8.89. The lowest BCUT2D eigenvalue weighted by Crippen LogP contribution is -2.51. The fourth-order valence-corrected chi connectivity index (χ4v) is 10.2. The number of hydrogen-bond acceptors (Lipinski definition) is 4. The van der Waals surface area contributed by atoms with E-state index in [4.69, 9.17) is 9.15 Å². The van der Waals surface area contributed by atoms with Crippen LogP contribution >= 0.6 is 0 Å². The first kappa shape index (κ1) is 28.7. The van der Waals surface area contributed by atoms with Crippen molar-refractivity contribution in [1.29, 1.82) is 0 Å². The number of esters is 1. The summed E-state index contributed by atoms with van der Waals surface area (Å²) in [7, 11) is 0. The van der Waals surface area contributed by atoms with Gasteiger partial charge in [0.25, 0.3) is 0 Å². The van der Waals surface area contributed by atoms with E-state index in [1.807, 2.05) is 18.2 Å². The molecule has 4 aliphatic carbocycles. The van der Waals surface area contributed by atoms with Crippen LogP contribution in [0, 0.1) is 46.3 Å². The van der Waals surface area contributed by atoms with Gasteiger partial charge >= 0.3 is 11.6 Å². The minimum Gasteiger partial charge on any atom is -0.458 e. The summed E-state index contributed by atoms with van der Waals surface area (Å²) in [5, 5.41) is 0.736. The van der Waals surface area contributed by atoms with E-state index < -0.39 is 11.6 Å². The zero-order valence-electron chi connectivity index (χ0n) is 25.9. The largest absolute Gasteiger partial charge is 0.458 e. The van der Waals surface area contributed by atoms with Crippen molar-refractivity contribution < 1.29 is 13.9 Å². The first-order chi connectivity index (χ1) is 19.6. The SMILES string of the molecule is CC(C)CCC[C@@H](C)[C@H]1CC[C@H]2[C@@H]3CC=C4CC(OC(=O)c5cc6ccccc6oc5=O)CC[C@]4(C)[C@H]3CC[C@]12C. The number of fused-ring (bicyclic) bond motifs is 6. The Bertz CT molecular complexity index is 1370. The van der Waals surface area contributed by atoms with E-state index in [0.717, 1.165) is 60.2 Å². The number of para-hydroxylation sites is 1. The van der Waals surface area contributed by atoms with Gasteiger partial charge in [-0.3, -0.25) is 0 Å². The van der Waals surface area contributed by atoms with E-state index in [0.29, 0.717) is 11.0 Å². The fourth-order valence-electron chi connectivity index (χ4n) is 10.2. The predicted molar refractivity (Wildman–Crippen MR) is 165 cm³/mol. The van der Waals surface area contributed by atoms with Crippen molar-refractivity contribution in [3.05, 3.63) is 58.0 Å². The minimum absolute atomic E-state index is 0.00416. The number of ether oxygens (including phenoxy) is 1. The molecule has 3 saturated carbocycles. The summed E-state index contributed by atoms with van der Waals surface area (Å²) in [6.45, 7) is 12.4. The third kappa shape index (κ3) is 5.12. The molecule has 0 amide bonds. The van der Waals surface area contributed by atoms with Gasteiger partial charge in [0, 0.05) is 11.8 Å². The van der Waals surface area contributed by atoms with Crippen LogP contribution in [0.3, 0.4) is 0 Å². The molecule has 0 spiro atoms. The van der Waals surface area contributed by atoms with Crippen molar-refractivity contribution in [3.63, 3.8) is 0 Å². The summed E-state index contributed by atoms with van der Waals surface area (Å²) >= 11 is 0. The monoisotopic (exact) mass is 558 g/mol.